The highest BCUT2D eigenvalue weighted by atomic mass is 35.5. The Labute approximate surface area is 132 Å². The zero-order chi connectivity index (χ0) is 14.7. The molecule has 0 saturated carbocycles. The number of nitrogens with zero attached hydrogens (tertiary/aromatic N) is 2. The van der Waals surface area contributed by atoms with Crippen molar-refractivity contribution in [2.75, 3.05) is 6.61 Å². The van der Waals surface area contributed by atoms with Crippen molar-refractivity contribution in [2.24, 2.45) is 0 Å². The minimum atomic E-state index is 0.231. The first-order valence-electron chi connectivity index (χ1n) is 5.91. The van der Waals surface area contributed by atoms with Crippen LogP contribution in [0.25, 0.3) is 11.3 Å². The molecule has 1 heterocycles. The number of nitriles is 1. The lowest BCUT2D eigenvalue weighted by Crippen LogP contribution is -2.04. The molecule has 0 aliphatic carbocycles. The summed E-state index contributed by atoms with van der Waals surface area (Å²) in [7, 11) is 0. The molecule has 2 rings (SSSR count). The third kappa shape index (κ3) is 2.79. The van der Waals surface area contributed by atoms with Gasteiger partial charge in [0.05, 0.1) is 16.3 Å². The molecule has 2 aromatic rings. The van der Waals surface area contributed by atoms with E-state index >= 15 is 0 Å². The molecule has 0 atom stereocenters. The highest BCUT2D eigenvalue weighted by Crippen LogP contribution is 2.37. The maximum absolute atomic E-state index is 9.31. The molecule has 0 spiro atoms. The first-order valence-corrected chi connectivity index (χ1v) is 7.04. The summed E-state index contributed by atoms with van der Waals surface area (Å²) in [6, 6.07) is 9.21. The molecule has 0 N–H and O–H groups in total. The Kier molecular flexibility index (Phi) is 4.95. The molecule has 0 radical (unpaired) electrons. The van der Waals surface area contributed by atoms with Gasteiger partial charge in [-0.1, -0.05) is 46.9 Å². The molecule has 3 nitrogen and oxygen atoms in total. The molecule has 6 heteroatoms. The Morgan fingerprint density at radius 1 is 1.20 bits per heavy atom. The molecule has 0 bridgehead atoms. The van der Waals surface area contributed by atoms with Gasteiger partial charge in [-0.25, -0.2) is 0 Å². The molecular weight excluding hydrogens is 319 g/mol. The number of hydrogen-bond donors (Lipinski definition) is 0. The maximum atomic E-state index is 9.31. The highest BCUT2D eigenvalue weighted by Gasteiger charge is 2.21. The summed E-state index contributed by atoms with van der Waals surface area (Å²) in [6.07, 6.45) is 0. The Hall–Kier alpha value is -1.18. The molecular formula is C14H11Cl3N2O. The molecule has 1 aromatic carbocycles. The number of rotatable bonds is 4. The second kappa shape index (κ2) is 6.51. The van der Waals surface area contributed by atoms with Gasteiger partial charge in [0, 0.05) is 11.6 Å². The van der Waals surface area contributed by atoms with Crippen molar-refractivity contribution in [3.8, 4) is 17.3 Å². The number of halogens is 3. The van der Waals surface area contributed by atoms with E-state index in [1.54, 1.807) is 16.7 Å². The first kappa shape index (κ1) is 15.2. The van der Waals surface area contributed by atoms with Crippen molar-refractivity contribution in [2.45, 2.75) is 13.7 Å². The van der Waals surface area contributed by atoms with E-state index in [1.807, 2.05) is 19.1 Å². The van der Waals surface area contributed by atoms with Gasteiger partial charge in [0.2, 0.25) is 0 Å². The fourth-order valence-electron chi connectivity index (χ4n) is 1.87. The third-order valence-electron chi connectivity index (χ3n) is 2.80. The lowest BCUT2D eigenvalue weighted by atomic mass is 10.1. The van der Waals surface area contributed by atoms with Crippen LogP contribution in [-0.2, 0) is 11.5 Å². The van der Waals surface area contributed by atoms with Gasteiger partial charge < -0.3 is 9.30 Å². The lowest BCUT2D eigenvalue weighted by molar-refractivity contribution is 0.0893. The number of benzene rings is 1. The van der Waals surface area contributed by atoms with Gasteiger partial charge in [-0.2, -0.15) is 5.26 Å². The molecule has 0 aliphatic heterocycles. The fourth-order valence-corrected chi connectivity index (χ4v) is 2.46. The van der Waals surface area contributed by atoms with E-state index in [2.05, 4.69) is 6.07 Å². The van der Waals surface area contributed by atoms with Crippen LogP contribution in [-0.4, -0.2) is 11.2 Å². The minimum Gasteiger partial charge on any atom is -0.361 e. The smallest absolute Gasteiger partial charge is 0.131 e. The van der Waals surface area contributed by atoms with Gasteiger partial charge >= 0.3 is 0 Å². The number of ether oxygens (including phenoxy) is 1. The summed E-state index contributed by atoms with van der Waals surface area (Å²) in [4.78, 5) is 0. The van der Waals surface area contributed by atoms with Crippen LogP contribution < -0.4 is 0 Å². The molecule has 0 aliphatic rings. The summed E-state index contributed by atoms with van der Waals surface area (Å²) >= 11 is 18.2. The average molecular weight is 330 g/mol. The lowest BCUT2D eigenvalue weighted by Gasteiger charge is -2.11. The number of hydrogen-bond acceptors (Lipinski definition) is 2. The zero-order valence-corrected chi connectivity index (χ0v) is 12.9. The van der Waals surface area contributed by atoms with E-state index in [0.717, 1.165) is 5.56 Å². The van der Waals surface area contributed by atoms with Gasteiger partial charge in [0.25, 0.3) is 0 Å². The Bertz CT molecular complexity index is 657. The SMILES string of the molecule is CCOCn1c(Cl)c(Cl)c(C#N)c1-c1ccc(Cl)cc1. The van der Waals surface area contributed by atoms with Crippen LogP contribution in [0.2, 0.25) is 15.2 Å². The Morgan fingerprint density at radius 3 is 2.40 bits per heavy atom. The van der Waals surface area contributed by atoms with Crippen LogP contribution in [0.4, 0.5) is 0 Å². The second-order valence-electron chi connectivity index (χ2n) is 4.00. The molecule has 20 heavy (non-hydrogen) atoms. The van der Waals surface area contributed by atoms with Crippen molar-refractivity contribution in [3.05, 3.63) is 45.0 Å². The van der Waals surface area contributed by atoms with Crippen LogP contribution in [0.15, 0.2) is 24.3 Å². The summed E-state index contributed by atoms with van der Waals surface area (Å²) in [5.74, 6) is 0. The number of aromatic nitrogens is 1. The topological polar surface area (TPSA) is 38.0 Å². The van der Waals surface area contributed by atoms with Crippen LogP contribution in [0.5, 0.6) is 0 Å². The Morgan fingerprint density at radius 2 is 1.85 bits per heavy atom. The van der Waals surface area contributed by atoms with E-state index in [0.29, 0.717) is 28.0 Å². The standard InChI is InChI=1S/C14H11Cl3N2O/c1-2-20-8-19-13(9-3-5-10(15)6-4-9)11(7-18)12(16)14(19)17/h3-6H,2,8H2,1H3. The van der Waals surface area contributed by atoms with Crippen molar-refractivity contribution in [1.29, 1.82) is 5.26 Å². The Balaban J connectivity index is 2.63. The van der Waals surface area contributed by atoms with Gasteiger partial charge in [0.15, 0.2) is 0 Å². The average Bonchev–Trinajstić information content (AvgIpc) is 2.69. The van der Waals surface area contributed by atoms with E-state index < -0.39 is 0 Å². The summed E-state index contributed by atoms with van der Waals surface area (Å²) < 4.78 is 7.06. The monoisotopic (exact) mass is 328 g/mol. The third-order valence-corrected chi connectivity index (χ3v) is 3.91. The van der Waals surface area contributed by atoms with Crippen LogP contribution >= 0.6 is 34.8 Å². The van der Waals surface area contributed by atoms with Crippen molar-refractivity contribution in [3.63, 3.8) is 0 Å². The second-order valence-corrected chi connectivity index (χ2v) is 5.17. The van der Waals surface area contributed by atoms with E-state index in [4.69, 9.17) is 39.5 Å². The van der Waals surface area contributed by atoms with Gasteiger partial charge in [-0.3, -0.25) is 0 Å². The largest absolute Gasteiger partial charge is 0.361 e. The van der Waals surface area contributed by atoms with Crippen molar-refractivity contribution >= 4 is 34.8 Å². The van der Waals surface area contributed by atoms with E-state index in [-0.39, 0.29) is 11.8 Å². The van der Waals surface area contributed by atoms with Crippen LogP contribution in [0.1, 0.15) is 12.5 Å². The zero-order valence-electron chi connectivity index (χ0n) is 10.7. The normalized spacial score (nSPS) is 10.6. The summed E-state index contributed by atoms with van der Waals surface area (Å²) in [5, 5.41) is 10.5. The van der Waals surface area contributed by atoms with Crippen molar-refractivity contribution < 1.29 is 4.74 Å². The predicted molar refractivity (Wildman–Crippen MR) is 81.2 cm³/mol. The van der Waals surface area contributed by atoms with E-state index in [9.17, 15) is 5.26 Å². The predicted octanol–water partition coefficient (Wildman–Crippen LogP) is 4.98. The van der Waals surface area contributed by atoms with Crippen molar-refractivity contribution in [1.82, 2.24) is 4.57 Å². The summed E-state index contributed by atoms with van der Waals surface area (Å²) in [5.41, 5.74) is 1.77. The van der Waals surface area contributed by atoms with Gasteiger partial charge in [0.1, 0.15) is 18.0 Å². The maximum Gasteiger partial charge on any atom is 0.131 e. The molecule has 0 amide bonds. The van der Waals surface area contributed by atoms with Gasteiger partial charge in [-0.05, 0) is 24.6 Å². The quantitative estimate of drug-likeness (QED) is 0.793. The van der Waals surface area contributed by atoms with Gasteiger partial charge in [-0.15, -0.1) is 0 Å². The summed E-state index contributed by atoms with van der Waals surface area (Å²) in [6.45, 7) is 2.65. The first-order chi connectivity index (χ1) is 9.60. The fraction of sp³-hybridized carbons (Fsp3) is 0.214. The molecule has 0 saturated heterocycles. The molecule has 0 fully saturated rings. The van der Waals surface area contributed by atoms with Crippen LogP contribution in [0, 0.1) is 11.3 Å². The molecule has 104 valence electrons. The highest BCUT2D eigenvalue weighted by molar-refractivity contribution is 6.42. The molecule has 0 unspecified atom stereocenters. The molecule has 1 aromatic heterocycles. The van der Waals surface area contributed by atoms with E-state index in [1.165, 1.54) is 0 Å². The van der Waals surface area contributed by atoms with Crippen LogP contribution in [0.3, 0.4) is 0 Å². The minimum absolute atomic E-state index is 0.231.